The van der Waals surface area contributed by atoms with Gasteiger partial charge in [0.25, 0.3) is 5.91 Å². The topological polar surface area (TPSA) is 87.7 Å². The number of pyridine rings is 1. The minimum absolute atomic E-state index is 0.0182. The van der Waals surface area contributed by atoms with E-state index in [1.54, 1.807) is 11.1 Å². The number of fused-ring (bicyclic) bond motifs is 1. The fourth-order valence-corrected chi connectivity index (χ4v) is 5.23. The summed E-state index contributed by atoms with van der Waals surface area (Å²) in [6, 6.07) is 18.5. The molecule has 0 spiro atoms. The number of thioether (sulfide) groups is 1. The fourth-order valence-electron chi connectivity index (χ4n) is 3.93. The Kier molecular flexibility index (Phi) is 6.73. The first-order chi connectivity index (χ1) is 16.7. The zero-order chi connectivity index (χ0) is 23.3. The Morgan fingerprint density at radius 3 is 2.82 bits per heavy atom. The van der Waals surface area contributed by atoms with Crippen LogP contribution in [0.25, 0.3) is 28.1 Å². The van der Waals surface area contributed by atoms with Crippen molar-refractivity contribution in [2.75, 3.05) is 6.54 Å². The lowest BCUT2D eigenvalue weighted by atomic mass is 10.0. The third-order valence-corrected chi connectivity index (χ3v) is 7.04. The summed E-state index contributed by atoms with van der Waals surface area (Å²) in [5, 5.41) is 15.0. The zero-order valence-electron chi connectivity index (χ0n) is 18.3. The number of thiocarbonyl (C=S) groups is 1. The molecule has 1 saturated heterocycles. The number of nitrogens with zero attached hydrogens (tertiary/aromatic N) is 5. The van der Waals surface area contributed by atoms with Gasteiger partial charge in [0.1, 0.15) is 4.32 Å². The van der Waals surface area contributed by atoms with Gasteiger partial charge in [0.15, 0.2) is 5.82 Å². The molecule has 9 heteroatoms. The maximum absolute atomic E-state index is 13.0. The first-order valence-electron chi connectivity index (χ1n) is 11.1. The summed E-state index contributed by atoms with van der Waals surface area (Å²) in [6.07, 6.45) is 7.30. The average molecular weight is 487 g/mol. The number of hydrogen-bond donors (Lipinski definition) is 1. The third-order valence-electron chi connectivity index (χ3n) is 5.67. The van der Waals surface area contributed by atoms with E-state index in [4.69, 9.17) is 12.2 Å². The Bertz CT molecular complexity index is 1370. The van der Waals surface area contributed by atoms with Crippen LogP contribution in [0, 0.1) is 0 Å². The number of amides is 1. The van der Waals surface area contributed by atoms with E-state index >= 15 is 0 Å². The number of carbonyl (C=O) groups excluding carboxylic acids is 1. The van der Waals surface area contributed by atoms with Crippen molar-refractivity contribution < 1.29 is 4.79 Å². The molecule has 1 amide bonds. The summed E-state index contributed by atoms with van der Waals surface area (Å²) in [5.41, 5.74) is 4.16. The van der Waals surface area contributed by atoms with Crippen LogP contribution in [0.1, 0.15) is 30.7 Å². The molecule has 2 aromatic heterocycles. The van der Waals surface area contributed by atoms with Gasteiger partial charge < -0.3 is 0 Å². The van der Waals surface area contributed by atoms with Gasteiger partial charge in [-0.05, 0) is 59.9 Å². The van der Waals surface area contributed by atoms with Crippen molar-refractivity contribution >= 4 is 51.2 Å². The van der Waals surface area contributed by atoms with Crippen molar-refractivity contribution in [1.82, 2.24) is 30.5 Å². The summed E-state index contributed by atoms with van der Waals surface area (Å²) in [5.74, 6) is 0.700. The lowest BCUT2D eigenvalue weighted by Crippen LogP contribution is -2.29. The molecule has 5 rings (SSSR count). The molecular weight excluding hydrogens is 464 g/mol. The Balaban J connectivity index is 1.24. The molecule has 0 aliphatic carbocycles. The van der Waals surface area contributed by atoms with E-state index in [2.05, 4.69) is 55.9 Å². The molecule has 1 N–H and O–H groups in total. The van der Waals surface area contributed by atoms with Gasteiger partial charge in [0, 0.05) is 24.5 Å². The predicted molar refractivity (Wildman–Crippen MR) is 139 cm³/mol. The number of benzene rings is 2. The molecular formula is C25H22N6OS2. The minimum atomic E-state index is -0.0182. The van der Waals surface area contributed by atoms with Crippen LogP contribution in [0.15, 0.2) is 65.7 Å². The second kappa shape index (κ2) is 10.2. The number of hydrogen-bond acceptors (Lipinski definition) is 7. The van der Waals surface area contributed by atoms with Crippen LogP contribution in [0.2, 0.25) is 0 Å². The van der Waals surface area contributed by atoms with E-state index < -0.39 is 0 Å². The van der Waals surface area contributed by atoms with Gasteiger partial charge in [-0.1, -0.05) is 65.9 Å². The highest BCUT2D eigenvalue weighted by atomic mass is 32.2. The van der Waals surface area contributed by atoms with Crippen molar-refractivity contribution in [3.8, 4) is 11.1 Å². The van der Waals surface area contributed by atoms with Gasteiger partial charge in [-0.3, -0.25) is 14.7 Å². The highest BCUT2D eigenvalue weighted by Crippen LogP contribution is 2.33. The van der Waals surface area contributed by atoms with Gasteiger partial charge in [-0.15, -0.1) is 10.2 Å². The van der Waals surface area contributed by atoms with Gasteiger partial charge in [-0.2, -0.15) is 5.21 Å². The maximum atomic E-state index is 13.0. The van der Waals surface area contributed by atoms with E-state index in [1.165, 1.54) is 11.8 Å². The van der Waals surface area contributed by atoms with Crippen molar-refractivity contribution in [3.63, 3.8) is 0 Å². The molecule has 1 aliphatic rings. The van der Waals surface area contributed by atoms with E-state index in [1.807, 2.05) is 30.3 Å². The largest absolute Gasteiger partial charge is 0.293 e. The summed E-state index contributed by atoms with van der Waals surface area (Å²) >= 11 is 6.86. The Morgan fingerprint density at radius 2 is 1.94 bits per heavy atom. The van der Waals surface area contributed by atoms with E-state index in [9.17, 15) is 4.79 Å². The van der Waals surface area contributed by atoms with Crippen molar-refractivity contribution in [1.29, 1.82) is 0 Å². The quantitative estimate of drug-likeness (QED) is 0.212. The van der Waals surface area contributed by atoms with Crippen molar-refractivity contribution in [2.24, 2.45) is 0 Å². The first kappa shape index (κ1) is 22.4. The SMILES string of the molecule is O=C1/C(=C/c2cccc(-c3ccc4ncccc4c3)c2)SC(=S)N1CCCCCc1nn[nH]n1. The lowest BCUT2D eigenvalue weighted by molar-refractivity contribution is -0.122. The second-order valence-electron chi connectivity index (χ2n) is 8.01. The number of H-pyrrole nitrogens is 1. The average Bonchev–Trinajstić information content (AvgIpc) is 3.47. The Hall–Kier alpha value is -3.43. The minimum Gasteiger partial charge on any atom is -0.293 e. The van der Waals surface area contributed by atoms with Gasteiger partial charge >= 0.3 is 0 Å². The number of aromatic nitrogens is 5. The monoisotopic (exact) mass is 486 g/mol. The molecule has 4 aromatic rings. The number of tetrazole rings is 1. The molecule has 170 valence electrons. The van der Waals surface area contributed by atoms with Gasteiger partial charge in [-0.25, -0.2) is 0 Å². The number of aromatic amines is 1. The molecule has 1 aliphatic heterocycles. The van der Waals surface area contributed by atoms with Gasteiger partial charge in [0.2, 0.25) is 0 Å². The Morgan fingerprint density at radius 1 is 1.03 bits per heavy atom. The van der Waals surface area contributed by atoms with Crippen LogP contribution in [0.4, 0.5) is 0 Å². The molecule has 0 bridgehead atoms. The van der Waals surface area contributed by atoms with Crippen LogP contribution < -0.4 is 0 Å². The number of unbranched alkanes of at least 4 members (excludes halogenated alkanes) is 2. The van der Waals surface area contributed by atoms with Crippen LogP contribution in [0.3, 0.4) is 0 Å². The predicted octanol–water partition coefficient (Wildman–Crippen LogP) is 5.03. The Labute approximate surface area is 206 Å². The summed E-state index contributed by atoms with van der Waals surface area (Å²) in [7, 11) is 0. The molecule has 1 fully saturated rings. The van der Waals surface area contributed by atoms with E-state index in [0.29, 0.717) is 15.8 Å². The molecule has 0 unspecified atom stereocenters. The first-order valence-corrected chi connectivity index (χ1v) is 12.3. The van der Waals surface area contributed by atoms with Crippen molar-refractivity contribution in [2.45, 2.75) is 25.7 Å². The standard InChI is InChI=1S/C25H22N6OS2/c32-24-22(34-25(33)31(24)13-3-1-2-9-23-27-29-30-28-23)15-17-6-4-7-18(14-17)19-10-11-21-20(16-19)8-5-12-26-21/h4-8,10-12,14-16H,1-3,9,13H2,(H,27,28,29,30)/b22-15-. The molecule has 0 radical (unpaired) electrons. The number of carbonyl (C=O) groups is 1. The maximum Gasteiger partial charge on any atom is 0.266 e. The second-order valence-corrected chi connectivity index (χ2v) is 9.68. The number of nitrogens with one attached hydrogen (secondary N) is 1. The molecule has 0 saturated carbocycles. The lowest BCUT2D eigenvalue weighted by Gasteiger charge is -2.13. The van der Waals surface area contributed by atoms with Crippen LogP contribution >= 0.6 is 24.0 Å². The fraction of sp³-hybridized carbons (Fsp3) is 0.200. The number of aryl methyl sites for hydroxylation is 1. The molecule has 34 heavy (non-hydrogen) atoms. The molecule has 3 heterocycles. The van der Waals surface area contributed by atoms with Crippen LogP contribution in [0.5, 0.6) is 0 Å². The van der Waals surface area contributed by atoms with E-state index in [0.717, 1.165) is 59.1 Å². The zero-order valence-corrected chi connectivity index (χ0v) is 20.0. The van der Waals surface area contributed by atoms with Crippen LogP contribution in [-0.2, 0) is 11.2 Å². The normalized spacial score (nSPS) is 15.1. The van der Waals surface area contributed by atoms with Crippen molar-refractivity contribution in [3.05, 3.63) is 77.1 Å². The van der Waals surface area contributed by atoms with Gasteiger partial charge in [0.05, 0.1) is 10.4 Å². The summed E-state index contributed by atoms with van der Waals surface area (Å²) in [4.78, 5) is 19.7. The molecule has 0 atom stereocenters. The molecule has 7 nitrogen and oxygen atoms in total. The molecule has 2 aromatic carbocycles. The summed E-state index contributed by atoms with van der Waals surface area (Å²) in [6.45, 7) is 0.624. The smallest absolute Gasteiger partial charge is 0.266 e. The summed E-state index contributed by atoms with van der Waals surface area (Å²) < 4.78 is 0.618. The highest BCUT2D eigenvalue weighted by molar-refractivity contribution is 8.26. The highest BCUT2D eigenvalue weighted by Gasteiger charge is 2.31. The van der Waals surface area contributed by atoms with Crippen LogP contribution in [-0.4, -0.2) is 47.3 Å². The third kappa shape index (κ3) is 5.05. The number of rotatable bonds is 8. The van der Waals surface area contributed by atoms with E-state index in [-0.39, 0.29) is 5.91 Å².